The van der Waals surface area contributed by atoms with Crippen LogP contribution in [0.2, 0.25) is 0 Å². The molecule has 0 radical (unpaired) electrons. The van der Waals surface area contributed by atoms with Gasteiger partial charge in [0.05, 0.1) is 12.0 Å². The first-order valence-corrected chi connectivity index (χ1v) is 9.31. The fourth-order valence-corrected chi connectivity index (χ4v) is 4.22. The zero-order valence-electron chi connectivity index (χ0n) is 14.6. The highest BCUT2D eigenvalue weighted by atomic mass is 16.7. The molecule has 1 atom stereocenters. The number of aliphatic carboxylic acids is 1. The molecule has 3 aliphatic rings. The van der Waals surface area contributed by atoms with E-state index in [0.29, 0.717) is 12.8 Å². The summed E-state index contributed by atoms with van der Waals surface area (Å²) in [5.41, 5.74) is 1.07. The van der Waals surface area contributed by atoms with Crippen LogP contribution in [0.4, 0.5) is 4.79 Å². The number of nitrogens with one attached hydrogen (secondary N) is 1. The minimum atomic E-state index is -0.725. The number of nitrogens with zero attached hydrogens (tertiary/aromatic N) is 1. The van der Waals surface area contributed by atoms with Crippen molar-refractivity contribution in [2.75, 3.05) is 13.3 Å². The number of carboxylic acids is 1. The van der Waals surface area contributed by atoms with Gasteiger partial charge in [0, 0.05) is 12.6 Å². The average molecular weight is 360 g/mol. The van der Waals surface area contributed by atoms with Crippen LogP contribution in [0.15, 0.2) is 18.2 Å². The Labute approximate surface area is 152 Å². The number of hydrogen-bond donors (Lipinski definition) is 2. The molecule has 2 fully saturated rings. The summed E-state index contributed by atoms with van der Waals surface area (Å²) in [6.45, 7) is 0.974. The van der Waals surface area contributed by atoms with Crippen molar-refractivity contribution >= 4 is 12.0 Å². The Balaban J connectivity index is 1.39. The van der Waals surface area contributed by atoms with Crippen LogP contribution in [0.1, 0.15) is 50.1 Å². The highest BCUT2D eigenvalue weighted by Gasteiger charge is 2.33. The number of carbonyl (C=O) groups excluding carboxylic acids is 1. The molecule has 7 heteroatoms. The summed E-state index contributed by atoms with van der Waals surface area (Å²) in [4.78, 5) is 25.7. The molecule has 4 rings (SSSR count). The molecule has 1 aliphatic carbocycles. The highest BCUT2D eigenvalue weighted by molar-refractivity contribution is 5.75. The van der Waals surface area contributed by atoms with Crippen molar-refractivity contribution in [3.8, 4) is 11.5 Å². The molecule has 1 saturated carbocycles. The van der Waals surface area contributed by atoms with Crippen LogP contribution < -0.4 is 14.8 Å². The number of urea groups is 1. The number of fused-ring (bicyclic) bond motifs is 1. The molecule has 0 aromatic heterocycles. The van der Waals surface area contributed by atoms with Crippen LogP contribution in [0.5, 0.6) is 11.5 Å². The Morgan fingerprint density at radius 2 is 1.85 bits per heavy atom. The molecule has 7 nitrogen and oxygen atoms in total. The molecule has 0 bridgehead atoms. The van der Waals surface area contributed by atoms with Gasteiger partial charge in [0.25, 0.3) is 0 Å². The molecule has 2 N–H and O–H groups in total. The van der Waals surface area contributed by atoms with Gasteiger partial charge >= 0.3 is 12.0 Å². The summed E-state index contributed by atoms with van der Waals surface area (Å²) in [6, 6.07) is 5.93. The van der Waals surface area contributed by atoms with Crippen molar-refractivity contribution in [3.05, 3.63) is 23.8 Å². The minimum Gasteiger partial charge on any atom is -0.481 e. The van der Waals surface area contributed by atoms with E-state index >= 15 is 0 Å². The summed E-state index contributed by atoms with van der Waals surface area (Å²) in [7, 11) is 0. The van der Waals surface area contributed by atoms with Gasteiger partial charge in [-0.25, -0.2) is 4.79 Å². The first-order chi connectivity index (χ1) is 12.6. The minimum absolute atomic E-state index is 0.0415. The third kappa shape index (κ3) is 3.30. The average Bonchev–Trinajstić information content (AvgIpc) is 3.30. The lowest BCUT2D eigenvalue weighted by atomic mass is 9.86. The molecule has 140 valence electrons. The Hall–Kier alpha value is -2.44. The SMILES string of the molecule is O=C(O)C1CCC(NC(=O)N2CCCC2c2ccc3c(c2)OCO3)CC1. The predicted molar refractivity (Wildman–Crippen MR) is 93.2 cm³/mol. The lowest BCUT2D eigenvalue weighted by molar-refractivity contribution is -0.142. The number of carboxylic acid groups (broad SMARTS) is 1. The predicted octanol–water partition coefficient (Wildman–Crippen LogP) is 2.91. The van der Waals surface area contributed by atoms with Crippen molar-refractivity contribution < 1.29 is 24.2 Å². The number of carbonyl (C=O) groups is 2. The maximum absolute atomic E-state index is 12.8. The van der Waals surface area contributed by atoms with E-state index in [0.717, 1.165) is 49.3 Å². The normalized spacial score (nSPS) is 27.4. The van der Waals surface area contributed by atoms with Crippen LogP contribution in [0.25, 0.3) is 0 Å². The van der Waals surface area contributed by atoms with E-state index in [1.54, 1.807) is 0 Å². The first kappa shape index (κ1) is 17.0. The van der Waals surface area contributed by atoms with Gasteiger partial charge in [-0.2, -0.15) is 0 Å². The zero-order valence-corrected chi connectivity index (χ0v) is 14.6. The summed E-state index contributed by atoms with van der Waals surface area (Å²) in [6.07, 6.45) is 4.62. The summed E-state index contributed by atoms with van der Waals surface area (Å²) in [5.74, 6) is 0.494. The van der Waals surface area contributed by atoms with Crippen LogP contribution in [0, 0.1) is 5.92 Å². The van der Waals surface area contributed by atoms with Gasteiger partial charge in [0.1, 0.15) is 0 Å². The lowest BCUT2D eigenvalue weighted by Gasteiger charge is -2.31. The van der Waals surface area contributed by atoms with Gasteiger partial charge in [0.15, 0.2) is 11.5 Å². The maximum atomic E-state index is 12.8. The summed E-state index contributed by atoms with van der Waals surface area (Å²) in [5, 5.41) is 12.2. The molecular formula is C19H24N2O5. The largest absolute Gasteiger partial charge is 0.481 e. The van der Waals surface area contributed by atoms with Crippen LogP contribution >= 0.6 is 0 Å². The van der Waals surface area contributed by atoms with E-state index < -0.39 is 5.97 Å². The Morgan fingerprint density at radius 1 is 1.08 bits per heavy atom. The molecule has 2 heterocycles. The molecule has 2 amide bonds. The fourth-order valence-electron chi connectivity index (χ4n) is 4.22. The number of rotatable bonds is 3. The van der Waals surface area contributed by atoms with Crippen LogP contribution in [0.3, 0.4) is 0 Å². The molecule has 26 heavy (non-hydrogen) atoms. The number of ether oxygens (including phenoxy) is 2. The van der Waals surface area contributed by atoms with Gasteiger partial charge in [0.2, 0.25) is 6.79 Å². The Bertz CT molecular complexity index is 699. The third-order valence-electron chi connectivity index (χ3n) is 5.70. The second kappa shape index (κ2) is 7.05. The lowest BCUT2D eigenvalue weighted by Crippen LogP contribution is -2.46. The standard InChI is InChI=1S/C19H24N2O5/c22-18(23)12-3-6-14(7-4-12)20-19(24)21-9-1-2-15(21)13-5-8-16-17(10-13)26-11-25-16/h5,8,10,12,14-15H,1-4,6-7,9,11H2,(H,20,24)(H,22,23). The van der Waals surface area contributed by atoms with Gasteiger partial charge in [-0.05, 0) is 56.2 Å². The zero-order chi connectivity index (χ0) is 18.1. The van der Waals surface area contributed by atoms with Crippen molar-refractivity contribution in [2.24, 2.45) is 5.92 Å². The monoisotopic (exact) mass is 360 g/mol. The summed E-state index contributed by atoms with van der Waals surface area (Å²) >= 11 is 0. The Morgan fingerprint density at radius 3 is 2.62 bits per heavy atom. The number of benzene rings is 1. The van der Waals surface area contributed by atoms with E-state index in [4.69, 9.17) is 14.6 Å². The molecule has 0 spiro atoms. The van der Waals surface area contributed by atoms with E-state index in [2.05, 4.69) is 5.32 Å². The topological polar surface area (TPSA) is 88.1 Å². The number of amides is 2. The van der Waals surface area contributed by atoms with Crippen molar-refractivity contribution in [1.29, 1.82) is 0 Å². The van der Waals surface area contributed by atoms with Crippen molar-refractivity contribution in [2.45, 2.75) is 50.6 Å². The first-order valence-electron chi connectivity index (χ1n) is 9.31. The number of hydrogen-bond acceptors (Lipinski definition) is 4. The van der Waals surface area contributed by atoms with Gasteiger partial charge in [-0.15, -0.1) is 0 Å². The van der Waals surface area contributed by atoms with Gasteiger partial charge in [-0.3, -0.25) is 4.79 Å². The van der Waals surface area contributed by atoms with Gasteiger partial charge < -0.3 is 24.8 Å². The Kier molecular flexibility index (Phi) is 4.61. The van der Waals surface area contributed by atoms with Crippen molar-refractivity contribution in [1.82, 2.24) is 10.2 Å². The second-order valence-corrected chi connectivity index (χ2v) is 7.30. The molecule has 1 aromatic carbocycles. The second-order valence-electron chi connectivity index (χ2n) is 7.30. The molecule has 2 aliphatic heterocycles. The van der Waals surface area contributed by atoms with E-state index in [1.807, 2.05) is 23.1 Å². The molecule has 1 aromatic rings. The molecular weight excluding hydrogens is 336 g/mol. The highest BCUT2D eigenvalue weighted by Crippen LogP contribution is 2.39. The molecule has 1 unspecified atom stereocenters. The number of likely N-dealkylation sites (tertiary alicyclic amines) is 1. The van der Waals surface area contributed by atoms with E-state index in [-0.39, 0.29) is 30.8 Å². The smallest absolute Gasteiger partial charge is 0.318 e. The summed E-state index contributed by atoms with van der Waals surface area (Å²) < 4.78 is 10.8. The quantitative estimate of drug-likeness (QED) is 0.865. The van der Waals surface area contributed by atoms with Crippen LogP contribution in [-0.2, 0) is 4.79 Å². The van der Waals surface area contributed by atoms with Gasteiger partial charge in [-0.1, -0.05) is 6.07 Å². The fraction of sp³-hybridized carbons (Fsp3) is 0.579. The third-order valence-corrected chi connectivity index (χ3v) is 5.70. The van der Waals surface area contributed by atoms with Crippen LogP contribution in [-0.4, -0.2) is 41.4 Å². The van der Waals surface area contributed by atoms with E-state index in [1.165, 1.54) is 0 Å². The van der Waals surface area contributed by atoms with Crippen molar-refractivity contribution in [3.63, 3.8) is 0 Å². The molecule has 1 saturated heterocycles. The van der Waals surface area contributed by atoms with E-state index in [9.17, 15) is 9.59 Å². The maximum Gasteiger partial charge on any atom is 0.318 e.